The number of carbonyl (C=O) groups is 1. The van der Waals surface area contributed by atoms with Gasteiger partial charge in [0, 0.05) is 5.56 Å². The van der Waals surface area contributed by atoms with Crippen LogP contribution in [-0.2, 0) is 4.79 Å². The average molecular weight is 416 g/mol. The highest BCUT2D eigenvalue weighted by Crippen LogP contribution is 2.24. The number of carbonyl (C=O) groups excluding carboxylic acids is 1. The first-order valence-corrected chi connectivity index (χ1v) is 10.5. The number of rotatable bonds is 7. The van der Waals surface area contributed by atoms with E-state index in [1.807, 2.05) is 91.0 Å². The molecule has 30 heavy (non-hydrogen) atoms. The number of nitrogens with zero attached hydrogens (tertiary/aromatic N) is 3. The maximum Gasteiger partial charge on any atom is 0.231 e. The van der Waals surface area contributed by atoms with Crippen LogP contribution in [-0.4, -0.2) is 26.5 Å². The molecule has 0 unspecified atom stereocenters. The fourth-order valence-electron chi connectivity index (χ4n) is 3.14. The minimum atomic E-state index is -0.226. The first-order valence-electron chi connectivity index (χ1n) is 9.50. The van der Waals surface area contributed by atoms with Gasteiger partial charge in [0.2, 0.25) is 11.1 Å². The number of amides is 1. The van der Waals surface area contributed by atoms with Crippen molar-refractivity contribution in [3.8, 4) is 11.4 Å². The molecule has 0 saturated heterocycles. The van der Waals surface area contributed by atoms with E-state index in [-0.39, 0.29) is 17.7 Å². The van der Waals surface area contributed by atoms with Gasteiger partial charge >= 0.3 is 0 Å². The van der Waals surface area contributed by atoms with Crippen molar-refractivity contribution < 1.29 is 4.79 Å². The van der Waals surface area contributed by atoms with Gasteiger partial charge in [-0.05, 0) is 11.1 Å². The smallest absolute Gasteiger partial charge is 0.231 e. The fourth-order valence-corrected chi connectivity index (χ4v) is 3.81. The van der Waals surface area contributed by atoms with Crippen LogP contribution in [0.4, 0.5) is 0 Å². The minimum Gasteiger partial charge on any atom is -0.344 e. The Balaban J connectivity index is 1.45. The van der Waals surface area contributed by atoms with Crippen LogP contribution in [0.3, 0.4) is 0 Å². The molecule has 7 heteroatoms. The van der Waals surface area contributed by atoms with E-state index >= 15 is 0 Å². The highest BCUT2D eigenvalue weighted by atomic mass is 32.2. The number of thioether (sulfide) groups is 1. The lowest BCUT2D eigenvalue weighted by molar-refractivity contribution is -0.119. The van der Waals surface area contributed by atoms with Gasteiger partial charge in [-0.25, -0.2) is 4.68 Å². The van der Waals surface area contributed by atoms with Gasteiger partial charge in [-0.15, -0.1) is 10.2 Å². The van der Waals surface area contributed by atoms with E-state index in [0.29, 0.717) is 11.0 Å². The lowest BCUT2D eigenvalue weighted by atomic mass is 9.99. The molecule has 150 valence electrons. The molecule has 0 aliphatic rings. The molecule has 3 N–H and O–H groups in total. The van der Waals surface area contributed by atoms with E-state index in [4.69, 9.17) is 5.84 Å². The third-order valence-electron chi connectivity index (χ3n) is 4.60. The van der Waals surface area contributed by atoms with E-state index < -0.39 is 0 Å². The summed E-state index contributed by atoms with van der Waals surface area (Å²) in [6.45, 7) is 0. The van der Waals surface area contributed by atoms with Crippen LogP contribution in [0.25, 0.3) is 11.4 Å². The molecule has 0 saturated carbocycles. The topological polar surface area (TPSA) is 85.8 Å². The maximum atomic E-state index is 12.7. The Morgan fingerprint density at radius 2 is 1.40 bits per heavy atom. The van der Waals surface area contributed by atoms with Crippen molar-refractivity contribution >= 4 is 17.7 Å². The normalized spacial score (nSPS) is 10.8. The van der Waals surface area contributed by atoms with Gasteiger partial charge in [0.1, 0.15) is 0 Å². The van der Waals surface area contributed by atoms with E-state index in [1.165, 1.54) is 16.4 Å². The van der Waals surface area contributed by atoms with Crippen molar-refractivity contribution in [2.75, 3.05) is 11.6 Å². The number of hydrogen-bond acceptors (Lipinski definition) is 5. The third kappa shape index (κ3) is 4.52. The summed E-state index contributed by atoms with van der Waals surface area (Å²) in [5.41, 5.74) is 2.92. The van der Waals surface area contributed by atoms with Gasteiger partial charge in [-0.1, -0.05) is 103 Å². The first-order chi connectivity index (χ1) is 14.7. The van der Waals surface area contributed by atoms with Gasteiger partial charge in [0.25, 0.3) is 0 Å². The molecule has 0 aliphatic heterocycles. The number of nitrogens with two attached hydrogens (primary N) is 1. The van der Waals surface area contributed by atoms with E-state index in [1.54, 1.807) is 0 Å². The molecule has 0 spiro atoms. The van der Waals surface area contributed by atoms with E-state index in [0.717, 1.165) is 16.7 Å². The summed E-state index contributed by atoms with van der Waals surface area (Å²) in [5.74, 6) is 6.78. The van der Waals surface area contributed by atoms with Crippen LogP contribution in [0.5, 0.6) is 0 Å². The summed E-state index contributed by atoms with van der Waals surface area (Å²) in [6, 6.07) is 29.2. The van der Waals surface area contributed by atoms with Gasteiger partial charge in [0.15, 0.2) is 5.82 Å². The maximum absolute atomic E-state index is 12.7. The second kappa shape index (κ2) is 9.28. The molecule has 6 nitrogen and oxygen atoms in total. The lowest BCUT2D eigenvalue weighted by Gasteiger charge is -2.19. The zero-order valence-electron chi connectivity index (χ0n) is 16.2. The van der Waals surface area contributed by atoms with Crippen molar-refractivity contribution in [2.45, 2.75) is 11.2 Å². The number of benzene rings is 3. The molecule has 0 atom stereocenters. The van der Waals surface area contributed by atoms with E-state index in [9.17, 15) is 4.79 Å². The molecule has 4 rings (SSSR count). The first kappa shape index (κ1) is 19.7. The van der Waals surface area contributed by atoms with E-state index in [2.05, 4.69) is 15.5 Å². The molecule has 3 aromatic carbocycles. The number of nitrogens with one attached hydrogen (secondary N) is 1. The summed E-state index contributed by atoms with van der Waals surface area (Å²) >= 11 is 1.26. The predicted octanol–water partition coefficient (Wildman–Crippen LogP) is 3.66. The molecule has 0 fully saturated rings. The highest BCUT2D eigenvalue weighted by molar-refractivity contribution is 7.99. The van der Waals surface area contributed by atoms with Gasteiger partial charge in [-0.3, -0.25) is 4.79 Å². The summed E-state index contributed by atoms with van der Waals surface area (Å²) < 4.78 is 1.42. The van der Waals surface area contributed by atoms with Gasteiger partial charge in [-0.2, -0.15) is 0 Å². The molecule has 0 radical (unpaired) electrons. The standard InChI is InChI=1S/C23H21N5OS/c24-28-22(19-14-8-3-9-15-19)26-27-23(28)30-16-20(29)25-21(17-10-4-1-5-11-17)18-12-6-2-7-13-18/h1-15,21H,16,24H2,(H,25,29). The van der Waals surface area contributed by atoms with Crippen LogP contribution in [0, 0.1) is 0 Å². The Morgan fingerprint density at radius 1 is 0.867 bits per heavy atom. The largest absolute Gasteiger partial charge is 0.344 e. The van der Waals surface area contributed by atoms with Crippen LogP contribution in [0.15, 0.2) is 96.2 Å². The van der Waals surface area contributed by atoms with Crippen molar-refractivity contribution in [1.82, 2.24) is 20.2 Å². The molecule has 1 aromatic heterocycles. The predicted molar refractivity (Wildman–Crippen MR) is 119 cm³/mol. The van der Waals surface area contributed by atoms with Crippen LogP contribution in [0.1, 0.15) is 17.2 Å². The third-order valence-corrected chi connectivity index (χ3v) is 5.54. The summed E-state index contributed by atoms with van der Waals surface area (Å²) in [7, 11) is 0. The van der Waals surface area contributed by atoms with Crippen molar-refractivity contribution in [1.29, 1.82) is 0 Å². The Morgan fingerprint density at radius 3 is 1.97 bits per heavy atom. The molecule has 1 amide bonds. The molecule has 0 aliphatic carbocycles. The SMILES string of the molecule is Nn1c(SCC(=O)NC(c2ccccc2)c2ccccc2)nnc1-c1ccccc1. The minimum absolute atomic E-state index is 0.109. The lowest BCUT2D eigenvalue weighted by Crippen LogP contribution is -2.30. The van der Waals surface area contributed by atoms with Crippen LogP contribution < -0.4 is 11.2 Å². The Bertz CT molecular complexity index is 1060. The Hall–Kier alpha value is -3.58. The zero-order valence-corrected chi connectivity index (χ0v) is 17.0. The molecule has 0 bridgehead atoms. The second-order valence-corrected chi connectivity index (χ2v) is 7.60. The molecule has 4 aromatic rings. The number of nitrogen functional groups attached to an aromatic ring is 1. The summed E-state index contributed by atoms with van der Waals surface area (Å²) in [6.07, 6.45) is 0. The monoisotopic (exact) mass is 415 g/mol. The number of hydrogen-bond donors (Lipinski definition) is 2. The average Bonchev–Trinajstić information content (AvgIpc) is 3.18. The highest BCUT2D eigenvalue weighted by Gasteiger charge is 2.18. The quantitative estimate of drug-likeness (QED) is 0.355. The van der Waals surface area contributed by atoms with Crippen molar-refractivity contribution in [3.05, 3.63) is 102 Å². The number of aromatic nitrogens is 3. The van der Waals surface area contributed by atoms with Gasteiger partial charge in [0.05, 0.1) is 11.8 Å². The fraction of sp³-hybridized carbons (Fsp3) is 0.0870. The Kier molecular flexibility index (Phi) is 6.10. The zero-order chi connectivity index (χ0) is 20.8. The van der Waals surface area contributed by atoms with Crippen molar-refractivity contribution in [3.63, 3.8) is 0 Å². The molecular weight excluding hydrogens is 394 g/mol. The Labute approximate surface area is 179 Å². The van der Waals surface area contributed by atoms with Gasteiger partial charge < -0.3 is 11.2 Å². The summed E-state index contributed by atoms with van der Waals surface area (Å²) in [5, 5.41) is 11.9. The van der Waals surface area contributed by atoms with Crippen LogP contribution >= 0.6 is 11.8 Å². The molecule has 1 heterocycles. The van der Waals surface area contributed by atoms with Crippen LogP contribution in [0.2, 0.25) is 0 Å². The molecular formula is C23H21N5OS. The van der Waals surface area contributed by atoms with Crippen molar-refractivity contribution in [2.24, 2.45) is 0 Å². The second-order valence-electron chi connectivity index (χ2n) is 6.65. The summed E-state index contributed by atoms with van der Waals surface area (Å²) in [4.78, 5) is 12.7.